The number of rotatable bonds is 3. The number of carbonyl (C=O) groups excluding carboxylic acids is 1. The average molecular weight is 261 g/mol. The second-order valence-electron chi connectivity index (χ2n) is 3.98. The van der Waals surface area contributed by atoms with Crippen molar-refractivity contribution in [1.29, 1.82) is 0 Å². The second kappa shape index (κ2) is 4.81. The second-order valence-corrected chi connectivity index (χ2v) is 3.98. The van der Waals surface area contributed by atoms with E-state index in [1.807, 2.05) is 0 Å². The molecule has 0 saturated heterocycles. The van der Waals surface area contributed by atoms with Crippen LogP contribution in [0.2, 0.25) is 0 Å². The normalized spacial score (nSPS) is 10.2. The number of phenols is 1. The summed E-state index contributed by atoms with van der Waals surface area (Å²) in [7, 11) is 0. The molecule has 0 aliphatic carbocycles. The van der Waals surface area contributed by atoms with Gasteiger partial charge >= 0.3 is 0 Å². The van der Waals surface area contributed by atoms with E-state index in [2.05, 4.69) is 10.3 Å². The van der Waals surface area contributed by atoms with E-state index in [0.717, 1.165) is 12.3 Å². The first kappa shape index (κ1) is 12.6. The number of nitrogens with one attached hydrogen (secondary N) is 2. The number of amides is 1. The minimum atomic E-state index is -0.585. The maximum absolute atomic E-state index is 11.8. The minimum Gasteiger partial charge on any atom is -0.508 e. The van der Waals surface area contributed by atoms with Crippen LogP contribution in [0.3, 0.4) is 0 Å². The lowest BCUT2D eigenvalue weighted by molar-refractivity contribution is -0.384. The summed E-state index contributed by atoms with van der Waals surface area (Å²) in [6.45, 7) is 1.70. The number of hydrogen-bond acceptors (Lipinski definition) is 4. The largest absolute Gasteiger partial charge is 0.508 e. The van der Waals surface area contributed by atoms with Gasteiger partial charge in [-0.1, -0.05) is 0 Å². The molecule has 0 unspecified atom stereocenters. The van der Waals surface area contributed by atoms with Crippen molar-refractivity contribution in [3.8, 4) is 5.75 Å². The summed E-state index contributed by atoms with van der Waals surface area (Å²) in [6.07, 6.45) is 1.15. The molecule has 7 nitrogen and oxygen atoms in total. The number of phenolic OH excluding ortho intramolecular Hbond substituents is 1. The van der Waals surface area contributed by atoms with Crippen LogP contribution in [0, 0.1) is 17.0 Å². The molecule has 0 aliphatic heterocycles. The smallest absolute Gasteiger partial charge is 0.287 e. The van der Waals surface area contributed by atoms with E-state index < -0.39 is 10.8 Å². The van der Waals surface area contributed by atoms with Gasteiger partial charge in [0.05, 0.1) is 11.1 Å². The van der Waals surface area contributed by atoms with Gasteiger partial charge in [-0.2, -0.15) is 0 Å². The summed E-state index contributed by atoms with van der Waals surface area (Å²) in [5.41, 5.74) is 1.04. The Balaban J connectivity index is 2.15. The number of nitro groups is 1. The number of benzene rings is 1. The Labute approximate surface area is 108 Å². The van der Waals surface area contributed by atoms with Gasteiger partial charge in [-0.3, -0.25) is 14.9 Å². The van der Waals surface area contributed by atoms with Crippen molar-refractivity contribution in [2.75, 3.05) is 5.32 Å². The summed E-state index contributed by atoms with van der Waals surface area (Å²) >= 11 is 0. The highest BCUT2D eigenvalue weighted by Gasteiger charge is 2.14. The molecule has 98 valence electrons. The van der Waals surface area contributed by atoms with Gasteiger partial charge in [0.15, 0.2) is 0 Å². The van der Waals surface area contributed by atoms with E-state index in [9.17, 15) is 20.0 Å². The Morgan fingerprint density at radius 2 is 2.16 bits per heavy atom. The number of carbonyl (C=O) groups is 1. The molecule has 0 aliphatic rings. The molecule has 3 N–H and O–H groups in total. The van der Waals surface area contributed by atoms with Crippen molar-refractivity contribution < 1.29 is 14.8 Å². The SMILES string of the molecule is Cc1cc(NC(=O)c2cc([N+](=O)[O-])c[nH]2)ccc1O. The molecule has 1 amide bonds. The van der Waals surface area contributed by atoms with Gasteiger partial charge in [0.1, 0.15) is 11.4 Å². The lowest BCUT2D eigenvalue weighted by atomic mass is 10.2. The van der Waals surface area contributed by atoms with Crippen molar-refractivity contribution in [3.63, 3.8) is 0 Å². The van der Waals surface area contributed by atoms with Crippen LogP contribution in [0.25, 0.3) is 0 Å². The van der Waals surface area contributed by atoms with Crippen molar-refractivity contribution in [2.45, 2.75) is 6.92 Å². The predicted molar refractivity (Wildman–Crippen MR) is 68.2 cm³/mol. The highest BCUT2D eigenvalue weighted by atomic mass is 16.6. The Hall–Kier alpha value is -2.83. The van der Waals surface area contributed by atoms with Crippen LogP contribution in [0.5, 0.6) is 5.75 Å². The molecular formula is C12H11N3O4. The fourth-order valence-electron chi connectivity index (χ4n) is 1.55. The van der Waals surface area contributed by atoms with Crippen molar-refractivity contribution in [3.05, 3.63) is 51.8 Å². The van der Waals surface area contributed by atoms with Crippen molar-refractivity contribution in [1.82, 2.24) is 4.98 Å². The van der Waals surface area contributed by atoms with E-state index in [-0.39, 0.29) is 17.1 Å². The highest BCUT2D eigenvalue weighted by molar-refractivity contribution is 6.03. The lowest BCUT2D eigenvalue weighted by Crippen LogP contribution is -2.12. The maximum atomic E-state index is 11.8. The minimum absolute atomic E-state index is 0.0948. The molecule has 0 bridgehead atoms. The van der Waals surface area contributed by atoms with E-state index in [1.165, 1.54) is 12.1 Å². The maximum Gasteiger partial charge on any atom is 0.287 e. The van der Waals surface area contributed by atoms with Gasteiger partial charge in [0, 0.05) is 11.8 Å². The first-order valence-electron chi connectivity index (χ1n) is 5.41. The Morgan fingerprint density at radius 1 is 1.42 bits per heavy atom. The summed E-state index contributed by atoms with van der Waals surface area (Å²) in [5.74, 6) is -0.355. The van der Waals surface area contributed by atoms with E-state index in [1.54, 1.807) is 13.0 Å². The first-order chi connectivity index (χ1) is 8.97. The van der Waals surface area contributed by atoms with Gasteiger partial charge in [-0.15, -0.1) is 0 Å². The number of hydrogen-bond donors (Lipinski definition) is 3. The van der Waals surface area contributed by atoms with E-state index in [4.69, 9.17) is 0 Å². The third-order valence-electron chi connectivity index (χ3n) is 2.58. The summed E-state index contributed by atoms with van der Waals surface area (Å²) in [5, 5.41) is 22.4. The Morgan fingerprint density at radius 3 is 2.74 bits per heavy atom. The molecule has 1 heterocycles. The third-order valence-corrected chi connectivity index (χ3v) is 2.58. The molecule has 7 heteroatoms. The van der Waals surface area contributed by atoms with Crippen LogP contribution < -0.4 is 5.32 Å². The molecule has 0 saturated carbocycles. The van der Waals surface area contributed by atoms with Crippen LogP contribution in [0.4, 0.5) is 11.4 Å². The average Bonchev–Trinajstić information content (AvgIpc) is 2.83. The molecule has 0 radical (unpaired) electrons. The Kier molecular flexibility index (Phi) is 3.19. The molecule has 0 fully saturated rings. The number of H-pyrrole nitrogens is 1. The third kappa shape index (κ3) is 2.71. The van der Waals surface area contributed by atoms with Gasteiger partial charge in [0.25, 0.3) is 11.6 Å². The topological polar surface area (TPSA) is 108 Å². The summed E-state index contributed by atoms with van der Waals surface area (Å²) in [6, 6.07) is 5.76. The summed E-state index contributed by atoms with van der Waals surface area (Å²) < 4.78 is 0. The Bertz CT molecular complexity index is 648. The van der Waals surface area contributed by atoms with Crippen LogP contribution in [-0.4, -0.2) is 20.9 Å². The fourth-order valence-corrected chi connectivity index (χ4v) is 1.55. The molecule has 1 aromatic carbocycles. The zero-order valence-corrected chi connectivity index (χ0v) is 10.0. The number of aromatic amines is 1. The number of aromatic hydroxyl groups is 1. The van der Waals surface area contributed by atoms with E-state index >= 15 is 0 Å². The first-order valence-corrected chi connectivity index (χ1v) is 5.41. The standard InChI is InChI=1S/C12H11N3O4/c1-7-4-8(2-3-11(7)16)14-12(17)10-5-9(6-13-10)15(18)19/h2-6,13,16H,1H3,(H,14,17). The number of nitrogens with zero attached hydrogens (tertiary/aromatic N) is 1. The summed E-state index contributed by atoms with van der Waals surface area (Å²) in [4.78, 5) is 24.3. The quantitative estimate of drug-likeness (QED) is 0.447. The zero-order valence-electron chi connectivity index (χ0n) is 10.0. The van der Waals surface area contributed by atoms with Crippen molar-refractivity contribution in [2.24, 2.45) is 0 Å². The number of aryl methyl sites for hydroxylation is 1. The van der Waals surface area contributed by atoms with Crippen LogP contribution in [0.15, 0.2) is 30.5 Å². The molecule has 2 aromatic rings. The number of anilines is 1. The van der Waals surface area contributed by atoms with Gasteiger partial charge in [-0.05, 0) is 30.7 Å². The van der Waals surface area contributed by atoms with Crippen LogP contribution in [-0.2, 0) is 0 Å². The highest BCUT2D eigenvalue weighted by Crippen LogP contribution is 2.21. The molecule has 1 aromatic heterocycles. The monoisotopic (exact) mass is 261 g/mol. The number of aromatic nitrogens is 1. The molecule has 2 rings (SSSR count). The van der Waals surface area contributed by atoms with Crippen LogP contribution >= 0.6 is 0 Å². The van der Waals surface area contributed by atoms with Gasteiger partial charge < -0.3 is 15.4 Å². The fraction of sp³-hybridized carbons (Fsp3) is 0.0833. The predicted octanol–water partition coefficient (Wildman–Crippen LogP) is 2.19. The van der Waals surface area contributed by atoms with Crippen molar-refractivity contribution >= 4 is 17.3 Å². The molecule has 19 heavy (non-hydrogen) atoms. The van der Waals surface area contributed by atoms with Gasteiger partial charge in [-0.25, -0.2) is 0 Å². The molecule has 0 spiro atoms. The molecule has 0 atom stereocenters. The lowest BCUT2D eigenvalue weighted by Gasteiger charge is -2.05. The molecular weight excluding hydrogens is 250 g/mol. The zero-order chi connectivity index (χ0) is 14.0. The van der Waals surface area contributed by atoms with Crippen LogP contribution in [0.1, 0.15) is 16.1 Å². The van der Waals surface area contributed by atoms with E-state index in [0.29, 0.717) is 11.3 Å². The van der Waals surface area contributed by atoms with Gasteiger partial charge in [0.2, 0.25) is 0 Å².